The van der Waals surface area contributed by atoms with Crippen LogP contribution in [0.1, 0.15) is 5.56 Å². The lowest BCUT2D eigenvalue weighted by atomic mass is 10.1. The van der Waals surface area contributed by atoms with E-state index in [4.69, 9.17) is 45.9 Å². The van der Waals surface area contributed by atoms with Crippen LogP contribution in [0.15, 0.2) is 36.4 Å². The third-order valence-electron chi connectivity index (χ3n) is 2.68. The first-order valence-corrected chi connectivity index (χ1v) is 6.87. The fraction of sp³-hybridized carbons (Fsp3) is 0.0714. The molecule has 0 heterocycles. The molecule has 0 atom stereocenters. The van der Waals surface area contributed by atoms with E-state index >= 15 is 0 Å². The monoisotopic (exact) mass is 326 g/mol. The molecule has 104 valence electrons. The number of hydrogen-bond acceptors (Lipinski definition) is 3. The molecule has 0 saturated carbocycles. The normalized spacial score (nSPS) is 10.2. The van der Waals surface area contributed by atoms with Crippen LogP contribution in [0.3, 0.4) is 0 Å². The minimum Gasteiger partial charge on any atom is -0.495 e. The van der Waals surface area contributed by atoms with Crippen molar-refractivity contribution in [2.24, 2.45) is 5.73 Å². The highest BCUT2D eigenvalue weighted by atomic mass is 35.5. The van der Waals surface area contributed by atoms with Gasteiger partial charge in [-0.05, 0) is 36.4 Å². The predicted octanol–water partition coefficient (Wildman–Crippen LogP) is 4.38. The van der Waals surface area contributed by atoms with Gasteiger partial charge in [0.2, 0.25) is 0 Å². The average molecular weight is 327 g/mol. The Morgan fingerprint density at radius 3 is 2.30 bits per heavy atom. The van der Waals surface area contributed by atoms with E-state index in [0.717, 1.165) is 0 Å². The van der Waals surface area contributed by atoms with Crippen LogP contribution in [0.4, 0.5) is 11.4 Å². The molecule has 0 saturated heterocycles. The van der Waals surface area contributed by atoms with Crippen LogP contribution >= 0.6 is 35.4 Å². The van der Waals surface area contributed by atoms with Crippen LogP contribution in [0, 0.1) is 0 Å². The zero-order valence-corrected chi connectivity index (χ0v) is 12.9. The van der Waals surface area contributed by atoms with Crippen molar-refractivity contribution in [3.8, 4) is 5.75 Å². The number of nitrogens with one attached hydrogen (secondary N) is 1. The van der Waals surface area contributed by atoms with Crippen LogP contribution in [-0.2, 0) is 0 Å². The lowest BCUT2D eigenvalue weighted by Gasteiger charge is -2.14. The first-order valence-electron chi connectivity index (χ1n) is 5.71. The molecule has 0 aromatic heterocycles. The minimum absolute atomic E-state index is 0.283. The number of thiocarbonyl (C=S) groups is 1. The summed E-state index contributed by atoms with van der Waals surface area (Å²) in [5.41, 5.74) is 7.82. The summed E-state index contributed by atoms with van der Waals surface area (Å²) in [6.07, 6.45) is 0. The van der Waals surface area contributed by atoms with Crippen LogP contribution in [0.5, 0.6) is 5.75 Å². The van der Waals surface area contributed by atoms with Gasteiger partial charge in [-0.1, -0.05) is 35.4 Å². The molecule has 0 radical (unpaired) electrons. The second-order valence-corrected chi connectivity index (χ2v) is 5.34. The third kappa shape index (κ3) is 3.33. The largest absolute Gasteiger partial charge is 0.495 e. The van der Waals surface area contributed by atoms with Crippen LogP contribution in [0.25, 0.3) is 0 Å². The number of rotatable bonds is 4. The lowest BCUT2D eigenvalue weighted by Crippen LogP contribution is -2.12. The third-order valence-corrected chi connectivity index (χ3v) is 3.37. The number of nitrogens with two attached hydrogens (primary N) is 1. The van der Waals surface area contributed by atoms with E-state index in [1.807, 2.05) is 0 Å². The zero-order valence-electron chi connectivity index (χ0n) is 10.6. The summed E-state index contributed by atoms with van der Waals surface area (Å²) in [6, 6.07) is 10.5. The molecule has 2 aromatic rings. The number of anilines is 2. The lowest BCUT2D eigenvalue weighted by molar-refractivity contribution is 0.417. The van der Waals surface area contributed by atoms with Crippen LogP contribution in [0.2, 0.25) is 10.0 Å². The quantitative estimate of drug-likeness (QED) is 0.818. The maximum absolute atomic E-state index is 6.01. The summed E-state index contributed by atoms with van der Waals surface area (Å²) in [5, 5.41) is 4.36. The van der Waals surface area contributed by atoms with Crippen molar-refractivity contribution in [1.82, 2.24) is 0 Å². The molecule has 20 heavy (non-hydrogen) atoms. The Kier molecular flexibility index (Phi) is 4.70. The Morgan fingerprint density at radius 1 is 1.10 bits per heavy atom. The van der Waals surface area contributed by atoms with E-state index in [1.54, 1.807) is 43.5 Å². The van der Waals surface area contributed by atoms with Gasteiger partial charge in [-0.25, -0.2) is 0 Å². The molecule has 0 amide bonds. The van der Waals surface area contributed by atoms with Crippen molar-refractivity contribution in [2.45, 2.75) is 0 Å². The summed E-state index contributed by atoms with van der Waals surface area (Å²) >= 11 is 17.0. The molecule has 2 rings (SSSR count). The summed E-state index contributed by atoms with van der Waals surface area (Å²) in [7, 11) is 1.58. The van der Waals surface area contributed by atoms with Gasteiger partial charge in [0.15, 0.2) is 0 Å². The average Bonchev–Trinajstić information content (AvgIpc) is 2.38. The molecule has 0 aliphatic carbocycles. The summed E-state index contributed by atoms with van der Waals surface area (Å²) in [6.45, 7) is 0. The Balaban J connectivity index is 2.46. The van der Waals surface area contributed by atoms with Gasteiger partial charge in [0.05, 0.1) is 18.5 Å². The highest BCUT2D eigenvalue weighted by Crippen LogP contribution is 2.32. The number of benzene rings is 2. The van der Waals surface area contributed by atoms with Crippen molar-refractivity contribution in [3.63, 3.8) is 0 Å². The molecule has 0 bridgehead atoms. The van der Waals surface area contributed by atoms with Gasteiger partial charge in [0.1, 0.15) is 10.7 Å². The summed E-state index contributed by atoms with van der Waals surface area (Å²) in [4.78, 5) is 0.283. The topological polar surface area (TPSA) is 47.3 Å². The smallest absolute Gasteiger partial charge is 0.142 e. The van der Waals surface area contributed by atoms with E-state index in [2.05, 4.69) is 5.32 Å². The second kappa shape index (κ2) is 6.31. The molecule has 0 fully saturated rings. The van der Waals surface area contributed by atoms with Crippen LogP contribution < -0.4 is 15.8 Å². The van der Waals surface area contributed by atoms with Gasteiger partial charge in [-0.3, -0.25) is 0 Å². The molecule has 3 N–H and O–H groups in total. The molecular weight excluding hydrogens is 315 g/mol. The highest BCUT2D eigenvalue weighted by Gasteiger charge is 2.10. The first kappa shape index (κ1) is 14.9. The van der Waals surface area contributed by atoms with Crippen molar-refractivity contribution in [3.05, 3.63) is 52.0 Å². The van der Waals surface area contributed by atoms with Gasteiger partial charge in [0, 0.05) is 15.6 Å². The molecule has 6 heteroatoms. The van der Waals surface area contributed by atoms with Gasteiger partial charge < -0.3 is 15.8 Å². The molecule has 0 aliphatic heterocycles. The Hall–Kier alpha value is -1.49. The number of halogens is 2. The van der Waals surface area contributed by atoms with Gasteiger partial charge >= 0.3 is 0 Å². The Bertz CT molecular complexity index is 662. The number of ether oxygens (including phenoxy) is 1. The van der Waals surface area contributed by atoms with Gasteiger partial charge in [-0.15, -0.1) is 0 Å². The van der Waals surface area contributed by atoms with E-state index in [0.29, 0.717) is 32.7 Å². The van der Waals surface area contributed by atoms with E-state index in [-0.39, 0.29) is 4.99 Å². The number of methoxy groups -OCH3 is 1. The Morgan fingerprint density at radius 2 is 1.70 bits per heavy atom. The van der Waals surface area contributed by atoms with Gasteiger partial charge in [0.25, 0.3) is 0 Å². The predicted molar refractivity (Wildman–Crippen MR) is 88.6 cm³/mol. The standard InChI is InChI=1S/C14H12Cl2N2OS/c1-19-13-5-3-9(16)7-12(13)18-11-6-8(15)2-4-10(11)14(17)20/h2-7,18H,1H3,(H2,17,20). The van der Waals surface area contributed by atoms with E-state index < -0.39 is 0 Å². The molecule has 0 unspecified atom stereocenters. The molecule has 0 spiro atoms. The van der Waals surface area contributed by atoms with Crippen molar-refractivity contribution < 1.29 is 4.74 Å². The van der Waals surface area contributed by atoms with E-state index in [1.165, 1.54) is 0 Å². The fourth-order valence-corrected chi connectivity index (χ4v) is 2.28. The van der Waals surface area contributed by atoms with Crippen LogP contribution in [-0.4, -0.2) is 12.1 Å². The maximum atomic E-state index is 6.01. The molecule has 0 aliphatic rings. The minimum atomic E-state index is 0.283. The second-order valence-electron chi connectivity index (χ2n) is 4.02. The van der Waals surface area contributed by atoms with E-state index in [9.17, 15) is 0 Å². The summed E-state index contributed by atoms with van der Waals surface area (Å²) < 4.78 is 5.28. The molecular formula is C14H12Cl2N2OS. The molecule has 3 nitrogen and oxygen atoms in total. The first-order chi connectivity index (χ1) is 9.51. The zero-order chi connectivity index (χ0) is 14.7. The highest BCUT2D eigenvalue weighted by molar-refractivity contribution is 7.80. The van der Waals surface area contributed by atoms with Crippen molar-refractivity contribution in [1.29, 1.82) is 0 Å². The molecule has 2 aromatic carbocycles. The maximum Gasteiger partial charge on any atom is 0.142 e. The Labute approximate surface area is 132 Å². The summed E-state index contributed by atoms with van der Waals surface area (Å²) in [5.74, 6) is 0.656. The van der Waals surface area contributed by atoms with Crippen molar-refractivity contribution in [2.75, 3.05) is 12.4 Å². The van der Waals surface area contributed by atoms with Crippen molar-refractivity contribution >= 4 is 51.8 Å². The fourth-order valence-electron chi connectivity index (χ4n) is 1.76. The SMILES string of the molecule is COc1ccc(Cl)cc1Nc1cc(Cl)ccc1C(N)=S. The van der Waals surface area contributed by atoms with Gasteiger partial charge in [-0.2, -0.15) is 0 Å². The number of hydrogen-bond donors (Lipinski definition) is 2.